The van der Waals surface area contributed by atoms with Crippen molar-refractivity contribution in [2.75, 3.05) is 11.9 Å². The summed E-state index contributed by atoms with van der Waals surface area (Å²) in [6.45, 7) is 4.29. The smallest absolute Gasteiger partial charge is 0.343 e. The van der Waals surface area contributed by atoms with Crippen molar-refractivity contribution in [3.05, 3.63) is 32.0 Å². The first kappa shape index (κ1) is 13.8. The van der Waals surface area contributed by atoms with E-state index in [1.165, 1.54) is 11.5 Å². The molecule has 0 unspecified atom stereocenters. The van der Waals surface area contributed by atoms with E-state index in [0.29, 0.717) is 29.4 Å². The topological polar surface area (TPSA) is 84.1 Å². The van der Waals surface area contributed by atoms with E-state index in [-0.39, 0.29) is 10.8 Å². The lowest BCUT2D eigenvalue weighted by Gasteiger charge is -2.05. The summed E-state index contributed by atoms with van der Waals surface area (Å²) < 4.78 is 9.14. The van der Waals surface area contributed by atoms with E-state index in [0.717, 1.165) is 17.0 Å². The fourth-order valence-corrected chi connectivity index (χ4v) is 2.87. The highest BCUT2D eigenvalue weighted by Gasteiger charge is 2.19. The number of aryl methyl sites for hydroxylation is 1. The summed E-state index contributed by atoms with van der Waals surface area (Å²) in [6.07, 6.45) is 0. The standard InChI is InChI=1S/C11H13N3O3S2/c1-3-17-10(15)8-6(2)14-19-9(8)12-4-7-5-18-11(16)13-7/h5,12H,3-4H2,1-2H3,(H,13,16). The number of aromatic nitrogens is 2. The fraction of sp³-hybridized carbons (Fsp3) is 0.364. The maximum Gasteiger partial charge on any atom is 0.343 e. The predicted molar refractivity (Wildman–Crippen MR) is 75.1 cm³/mol. The average Bonchev–Trinajstić information content (AvgIpc) is 2.93. The van der Waals surface area contributed by atoms with Crippen LogP contribution >= 0.6 is 22.9 Å². The molecule has 2 heterocycles. The van der Waals surface area contributed by atoms with Crippen LogP contribution in [0.2, 0.25) is 0 Å². The van der Waals surface area contributed by atoms with Crippen LogP contribution in [-0.4, -0.2) is 21.9 Å². The van der Waals surface area contributed by atoms with Gasteiger partial charge >= 0.3 is 10.8 Å². The van der Waals surface area contributed by atoms with Crippen molar-refractivity contribution in [3.8, 4) is 0 Å². The Hall–Kier alpha value is -1.67. The number of carbonyl (C=O) groups is 1. The first-order valence-electron chi connectivity index (χ1n) is 5.65. The van der Waals surface area contributed by atoms with E-state index in [9.17, 15) is 9.59 Å². The molecule has 2 aromatic rings. The van der Waals surface area contributed by atoms with Crippen LogP contribution in [0.1, 0.15) is 28.7 Å². The summed E-state index contributed by atoms with van der Waals surface area (Å²) in [5.41, 5.74) is 1.88. The van der Waals surface area contributed by atoms with Gasteiger partial charge in [0.15, 0.2) is 0 Å². The van der Waals surface area contributed by atoms with Crippen molar-refractivity contribution < 1.29 is 9.53 Å². The number of hydrogen-bond acceptors (Lipinski definition) is 7. The minimum Gasteiger partial charge on any atom is -0.462 e. The van der Waals surface area contributed by atoms with Crippen LogP contribution in [0.3, 0.4) is 0 Å². The minimum absolute atomic E-state index is 0.0945. The molecule has 8 heteroatoms. The number of nitrogens with one attached hydrogen (secondary N) is 2. The molecule has 0 saturated heterocycles. The molecule has 0 spiro atoms. The second kappa shape index (κ2) is 5.98. The number of thiazole rings is 1. The monoisotopic (exact) mass is 299 g/mol. The molecule has 2 aromatic heterocycles. The molecule has 2 rings (SSSR count). The lowest BCUT2D eigenvalue weighted by Crippen LogP contribution is -2.09. The van der Waals surface area contributed by atoms with Crippen LogP contribution in [-0.2, 0) is 11.3 Å². The maximum atomic E-state index is 11.8. The molecule has 0 aliphatic carbocycles. The Morgan fingerprint density at radius 3 is 3.00 bits per heavy atom. The zero-order valence-corrected chi connectivity index (χ0v) is 12.1. The molecular formula is C11H13N3O3S2. The lowest BCUT2D eigenvalue weighted by molar-refractivity contribution is 0.0527. The van der Waals surface area contributed by atoms with Crippen LogP contribution in [0.4, 0.5) is 5.00 Å². The van der Waals surface area contributed by atoms with Crippen molar-refractivity contribution in [1.82, 2.24) is 9.36 Å². The number of esters is 1. The Morgan fingerprint density at radius 1 is 1.58 bits per heavy atom. The molecule has 0 bridgehead atoms. The first-order chi connectivity index (χ1) is 9.11. The van der Waals surface area contributed by atoms with Crippen molar-refractivity contribution >= 4 is 33.8 Å². The van der Waals surface area contributed by atoms with Gasteiger partial charge in [0, 0.05) is 11.1 Å². The Morgan fingerprint density at radius 2 is 2.37 bits per heavy atom. The van der Waals surface area contributed by atoms with Gasteiger partial charge in [-0.25, -0.2) is 4.79 Å². The van der Waals surface area contributed by atoms with Gasteiger partial charge in [-0.2, -0.15) is 4.37 Å². The van der Waals surface area contributed by atoms with Gasteiger partial charge in [-0.3, -0.25) is 4.79 Å². The number of H-pyrrole nitrogens is 1. The number of ether oxygens (including phenoxy) is 1. The van der Waals surface area contributed by atoms with E-state index < -0.39 is 0 Å². The van der Waals surface area contributed by atoms with Crippen LogP contribution < -0.4 is 10.2 Å². The molecule has 2 N–H and O–H groups in total. The number of nitrogens with zero attached hydrogens (tertiary/aromatic N) is 1. The number of carbonyl (C=O) groups excluding carboxylic acids is 1. The first-order valence-corrected chi connectivity index (χ1v) is 7.31. The van der Waals surface area contributed by atoms with Crippen LogP contribution in [0.25, 0.3) is 0 Å². The number of rotatable bonds is 5. The highest BCUT2D eigenvalue weighted by molar-refractivity contribution is 7.10. The molecule has 102 valence electrons. The molecule has 6 nitrogen and oxygen atoms in total. The zero-order chi connectivity index (χ0) is 13.8. The highest BCUT2D eigenvalue weighted by Crippen LogP contribution is 2.25. The maximum absolute atomic E-state index is 11.8. The molecule has 0 aliphatic rings. The second-order valence-corrected chi connectivity index (χ2v) is 5.34. The summed E-state index contributed by atoms with van der Waals surface area (Å²) in [5.74, 6) is -0.380. The molecule has 0 fully saturated rings. The predicted octanol–water partition coefficient (Wildman–Crippen LogP) is 1.99. The van der Waals surface area contributed by atoms with Crippen molar-refractivity contribution in [2.24, 2.45) is 0 Å². The molecule has 0 atom stereocenters. The van der Waals surface area contributed by atoms with E-state index in [4.69, 9.17) is 4.74 Å². The van der Waals surface area contributed by atoms with Crippen molar-refractivity contribution in [1.29, 1.82) is 0 Å². The third kappa shape index (κ3) is 3.21. The summed E-state index contributed by atoms with van der Waals surface area (Å²) in [4.78, 5) is 25.4. The van der Waals surface area contributed by atoms with E-state index in [2.05, 4.69) is 14.7 Å². The Bertz CT molecular complexity index is 629. The van der Waals surface area contributed by atoms with Crippen molar-refractivity contribution in [2.45, 2.75) is 20.4 Å². The van der Waals surface area contributed by atoms with Crippen LogP contribution in [0, 0.1) is 6.92 Å². The van der Waals surface area contributed by atoms with Gasteiger partial charge in [-0.15, -0.1) is 0 Å². The highest BCUT2D eigenvalue weighted by atomic mass is 32.1. The summed E-state index contributed by atoms with van der Waals surface area (Å²) in [7, 11) is 0. The number of aromatic amines is 1. The Labute approximate surface area is 117 Å². The van der Waals surface area contributed by atoms with Crippen LogP contribution in [0.15, 0.2) is 10.2 Å². The van der Waals surface area contributed by atoms with Crippen molar-refractivity contribution in [3.63, 3.8) is 0 Å². The zero-order valence-electron chi connectivity index (χ0n) is 10.5. The van der Waals surface area contributed by atoms with Gasteiger partial charge in [0.1, 0.15) is 10.6 Å². The van der Waals surface area contributed by atoms with E-state index in [1.807, 2.05) is 0 Å². The summed E-state index contributed by atoms with van der Waals surface area (Å²) >= 11 is 2.31. The van der Waals surface area contributed by atoms with E-state index in [1.54, 1.807) is 19.2 Å². The third-order valence-electron chi connectivity index (χ3n) is 2.35. The average molecular weight is 299 g/mol. The number of anilines is 1. The summed E-state index contributed by atoms with van der Waals surface area (Å²) in [6, 6.07) is 0. The third-order valence-corrected chi connectivity index (χ3v) is 3.97. The second-order valence-electron chi connectivity index (χ2n) is 3.72. The van der Waals surface area contributed by atoms with Crippen LogP contribution in [0.5, 0.6) is 0 Å². The van der Waals surface area contributed by atoms with Gasteiger partial charge in [-0.05, 0) is 25.4 Å². The summed E-state index contributed by atoms with van der Waals surface area (Å²) in [5, 5.41) is 5.49. The fourth-order valence-electron chi connectivity index (χ4n) is 1.51. The SMILES string of the molecule is CCOC(=O)c1c(C)nsc1NCc1csc(=O)[nH]1. The lowest BCUT2D eigenvalue weighted by atomic mass is 10.2. The Balaban J connectivity index is 2.12. The van der Waals surface area contributed by atoms with Gasteiger partial charge in [0.05, 0.1) is 18.8 Å². The normalized spacial score (nSPS) is 10.4. The molecule has 0 saturated carbocycles. The molecular weight excluding hydrogens is 286 g/mol. The molecule has 0 amide bonds. The Kier molecular flexibility index (Phi) is 4.33. The quantitative estimate of drug-likeness (QED) is 0.825. The molecule has 0 aliphatic heterocycles. The van der Waals surface area contributed by atoms with Gasteiger partial charge < -0.3 is 15.0 Å². The largest absolute Gasteiger partial charge is 0.462 e. The number of hydrogen-bond donors (Lipinski definition) is 2. The molecule has 0 radical (unpaired) electrons. The van der Waals surface area contributed by atoms with Gasteiger partial charge in [-0.1, -0.05) is 11.3 Å². The van der Waals surface area contributed by atoms with Gasteiger partial charge in [0.2, 0.25) is 0 Å². The molecule has 0 aromatic carbocycles. The van der Waals surface area contributed by atoms with E-state index >= 15 is 0 Å². The molecule has 19 heavy (non-hydrogen) atoms. The van der Waals surface area contributed by atoms with Gasteiger partial charge in [0.25, 0.3) is 0 Å². The minimum atomic E-state index is -0.380.